The summed E-state index contributed by atoms with van der Waals surface area (Å²) in [7, 11) is 1.95. The van der Waals surface area contributed by atoms with Crippen LogP contribution < -0.4 is 10.1 Å². The van der Waals surface area contributed by atoms with Gasteiger partial charge in [-0.25, -0.2) is 4.98 Å². The van der Waals surface area contributed by atoms with E-state index in [2.05, 4.69) is 15.4 Å². The standard InChI is InChI=1S/C13H18N4O/c1-3-18-12-5-4-8-14-13(12)15-9-6-11-7-10-16-17(11)2/h4-5,7-8,10H,3,6,9H2,1-2H3,(H,14,15). The third kappa shape index (κ3) is 3.00. The molecule has 2 aromatic heterocycles. The van der Waals surface area contributed by atoms with Crippen LogP contribution in [0.3, 0.4) is 0 Å². The number of rotatable bonds is 6. The minimum absolute atomic E-state index is 0.641. The average Bonchev–Trinajstić information content (AvgIpc) is 2.78. The molecule has 2 aromatic rings. The van der Waals surface area contributed by atoms with Gasteiger partial charge in [-0.15, -0.1) is 0 Å². The zero-order valence-corrected chi connectivity index (χ0v) is 10.8. The molecule has 0 aromatic carbocycles. The zero-order valence-electron chi connectivity index (χ0n) is 10.8. The molecule has 0 saturated carbocycles. The molecule has 0 aliphatic carbocycles. The van der Waals surface area contributed by atoms with Gasteiger partial charge < -0.3 is 10.1 Å². The van der Waals surface area contributed by atoms with Crippen LogP contribution in [0.5, 0.6) is 5.75 Å². The van der Waals surface area contributed by atoms with Gasteiger partial charge in [-0.1, -0.05) is 0 Å². The molecule has 0 amide bonds. The van der Waals surface area contributed by atoms with E-state index in [-0.39, 0.29) is 0 Å². The van der Waals surface area contributed by atoms with Gasteiger partial charge in [0.05, 0.1) is 6.61 Å². The number of ether oxygens (including phenoxy) is 1. The molecule has 0 unspecified atom stereocenters. The molecule has 0 radical (unpaired) electrons. The van der Waals surface area contributed by atoms with Gasteiger partial charge in [0.2, 0.25) is 0 Å². The minimum atomic E-state index is 0.641. The lowest BCUT2D eigenvalue weighted by molar-refractivity contribution is 0.340. The van der Waals surface area contributed by atoms with Crippen LogP contribution in [0.25, 0.3) is 0 Å². The predicted octanol–water partition coefficient (Wildman–Crippen LogP) is 1.87. The minimum Gasteiger partial charge on any atom is -0.490 e. The van der Waals surface area contributed by atoms with Crippen molar-refractivity contribution in [2.75, 3.05) is 18.5 Å². The summed E-state index contributed by atoms with van der Waals surface area (Å²) in [4.78, 5) is 4.28. The maximum atomic E-state index is 5.51. The molecule has 96 valence electrons. The van der Waals surface area contributed by atoms with E-state index in [1.54, 1.807) is 6.20 Å². The Bertz CT molecular complexity index is 495. The number of hydrogen-bond acceptors (Lipinski definition) is 4. The summed E-state index contributed by atoms with van der Waals surface area (Å²) in [6.07, 6.45) is 4.47. The summed E-state index contributed by atoms with van der Waals surface area (Å²) in [5.41, 5.74) is 1.19. The van der Waals surface area contributed by atoms with Crippen molar-refractivity contribution in [1.82, 2.24) is 14.8 Å². The largest absolute Gasteiger partial charge is 0.490 e. The van der Waals surface area contributed by atoms with Crippen molar-refractivity contribution in [3.63, 3.8) is 0 Å². The van der Waals surface area contributed by atoms with E-state index in [0.717, 1.165) is 24.5 Å². The summed E-state index contributed by atoms with van der Waals surface area (Å²) in [5.74, 6) is 1.59. The molecule has 5 nitrogen and oxygen atoms in total. The number of nitrogens with one attached hydrogen (secondary N) is 1. The number of aryl methyl sites for hydroxylation is 1. The second-order valence-electron chi connectivity index (χ2n) is 3.91. The monoisotopic (exact) mass is 246 g/mol. The Morgan fingerprint density at radius 2 is 2.22 bits per heavy atom. The first kappa shape index (κ1) is 12.4. The average molecular weight is 246 g/mol. The van der Waals surface area contributed by atoms with Crippen molar-refractivity contribution < 1.29 is 4.74 Å². The smallest absolute Gasteiger partial charge is 0.168 e. The highest BCUT2D eigenvalue weighted by molar-refractivity contribution is 5.49. The quantitative estimate of drug-likeness (QED) is 0.845. The molecule has 0 fully saturated rings. The van der Waals surface area contributed by atoms with E-state index in [4.69, 9.17) is 4.74 Å². The van der Waals surface area contributed by atoms with Crippen molar-refractivity contribution >= 4 is 5.82 Å². The maximum absolute atomic E-state index is 5.51. The lowest BCUT2D eigenvalue weighted by Crippen LogP contribution is -2.10. The normalized spacial score (nSPS) is 10.3. The maximum Gasteiger partial charge on any atom is 0.168 e. The SMILES string of the molecule is CCOc1cccnc1NCCc1ccnn1C. The van der Waals surface area contributed by atoms with Crippen LogP contribution in [0.1, 0.15) is 12.6 Å². The Morgan fingerprint density at radius 3 is 2.94 bits per heavy atom. The van der Waals surface area contributed by atoms with E-state index in [0.29, 0.717) is 6.61 Å². The molecule has 0 bridgehead atoms. The van der Waals surface area contributed by atoms with Crippen LogP contribution in [0.15, 0.2) is 30.6 Å². The van der Waals surface area contributed by atoms with E-state index >= 15 is 0 Å². The third-order valence-electron chi connectivity index (χ3n) is 2.67. The summed E-state index contributed by atoms with van der Waals surface area (Å²) < 4.78 is 7.38. The van der Waals surface area contributed by atoms with Crippen LogP contribution in [-0.2, 0) is 13.5 Å². The Hall–Kier alpha value is -2.04. The predicted molar refractivity (Wildman–Crippen MR) is 70.8 cm³/mol. The zero-order chi connectivity index (χ0) is 12.8. The molecule has 0 spiro atoms. The van der Waals surface area contributed by atoms with Crippen LogP contribution in [0.4, 0.5) is 5.82 Å². The van der Waals surface area contributed by atoms with Crippen molar-refractivity contribution in [2.45, 2.75) is 13.3 Å². The topological polar surface area (TPSA) is 52.0 Å². The molecule has 18 heavy (non-hydrogen) atoms. The second kappa shape index (κ2) is 6.05. The Kier molecular flexibility index (Phi) is 4.17. The summed E-state index contributed by atoms with van der Waals surface area (Å²) in [6.45, 7) is 3.41. The van der Waals surface area contributed by atoms with Gasteiger partial charge in [-0.05, 0) is 25.1 Å². The first-order chi connectivity index (χ1) is 8.81. The molecule has 5 heteroatoms. The molecule has 2 rings (SSSR count). The van der Waals surface area contributed by atoms with E-state index < -0.39 is 0 Å². The molecular formula is C13H18N4O. The first-order valence-corrected chi connectivity index (χ1v) is 6.10. The fourth-order valence-corrected chi connectivity index (χ4v) is 1.75. The van der Waals surface area contributed by atoms with E-state index in [9.17, 15) is 0 Å². The van der Waals surface area contributed by atoms with Gasteiger partial charge in [0, 0.05) is 38.1 Å². The van der Waals surface area contributed by atoms with Crippen LogP contribution in [-0.4, -0.2) is 27.9 Å². The van der Waals surface area contributed by atoms with E-state index in [1.807, 2.05) is 43.0 Å². The molecule has 0 saturated heterocycles. The van der Waals surface area contributed by atoms with Crippen LogP contribution in [0.2, 0.25) is 0 Å². The fraction of sp³-hybridized carbons (Fsp3) is 0.385. The Balaban J connectivity index is 1.92. The molecule has 0 atom stereocenters. The molecule has 1 N–H and O–H groups in total. The van der Waals surface area contributed by atoms with Gasteiger partial charge >= 0.3 is 0 Å². The van der Waals surface area contributed by atoms with Gasteiger partial charge in [-0.2, -0.15) is 5.10 Å². The molecule has 0 aliphatic rings. The first-order valence-electron chi connectivity index (χ1n) is 6.10. The lowest BCUT2D eigenvalue weighted by Gasteiger charge is -2.10. The van der Waals surface area contributed by atoms with Crippen LogP contribution >= 0.6 is 0 Å². The Morgan fingerprint density at radius 1 is 1.33 bits per heavy atom. The summed E-state index contributed by atoms with van der Waals surface area (Å²) >= 11 is 0. The highest BCUT2D eigenvalue weighted by Crippen LogP contribution is 2.20. The number of aromatic nitrogens is 3. The van der Waals surface area contributed by atoms with Crippen molar-refractivity contribution in [2.24, 2.45) is 7.05 Å². The number of pyridine rings is 1. The third-order valence-corrected chi connectivity index (χ3v) is 2.67. The lowest BCUT2D eigenvalue weighted by atomic mass is 10.3. The Labute approximate surface area is 107 Å². The van der Waals surface area contributed by atoms with Gasteiger partial charge in [-0.3, -0.25) is 4.68 Å². The van der Waals surface area contributed by atoms with Crippen molar-refractivity contribution in [3.05, 3.63) is 36.3 Å². The number of anilines is 1. The van der Waals surface area contributed by atoms with Gasteiger partial charge in [0.1, 0.15) is 0 Å². The number of nitrogens with zero attached hydrogens (tertiary/aromatic N) is 3. The van der Waals surface area contributed by atoms with Gasteiger partial charge in [0.15, 0.2) is 11.6 Å². The van der Waals surface area contributed by atoms with Crippen LogP contribution in [0, 0.1) is 0 Å². The van der Waals surface area contributed by atoms with E-state index in [1.165, 1.54) is 5.69 Å². The molecule has 0 aliphatic heterocycles. The fourth-order valence-electron chi connectivity index (χ4n) is 1.75. The molecular weight excluding hydrogens is 228 g/mol. The highest BCUT2D eigenvalue weighted by atomic mass is 16.5. The molecule has 2 heterocycles. The van der Waals surface area contributed by atoms with Crippen molar-refractivity contribution in [1.29, 1.82) is 0 Å². The summed E-state index contributed by atoms with van der Waals surface area (Å²) in [6, 6.07) is 5.81. The van der Waals surface area contributed by atoms with Gasteiger partial charge in [0.25, 0.3) is 0 Å². The van der Waals surface area contributed by atoms with Crippen molar-refractivity contribution in [3.8, 4) is 5.75 Å². The highest BCUT2D eigenvalue weighted by Gasteiger charge is 2.04. The summed E-state index contributed by atoms with van der Waals surface area (Å²) in [5, 5.41) is 7.42. The second-order valence-corrected chi connectivity index (χ2v) is 3.91. The number of hydrogen-bond donors (Lipinski definition) is 1.